The van der Waals surface area contributed by atoms with Crippen molar-refractivity contribution in [3.63, 3.8) is 0 Å². The number of carbonyl (C=O) groups excluding carboxylic acids is 1. The number of imidazole rings is 1. The van der Waals surface area contributed by atoms with E-state index in [9.17, 15) is 4.79 Å². The van der Waals surface area contributed by atoms with E-state index in [1.807, 2.05) is 10.8 Å². The Morgan fingerprint density at radius 2 is 2.22 bits per heavy atom. The van der Waals surface area contributed by atoms with Gasteiger partial charge in [-0.15, -0.1) is 0 Å². The Kier molecular flexibility index (Phi) is 6.65. The summed E-state index contributed by atoms with van der Waals surface area (Å²) >= 11 is 0. The Morgan fingerprint density at radius 3 is 2.83 bits per heavy atom. The third-order valence-electron chi connectivity index (χ3n) is 3.36. The molecule has 4 nitrogen and oxygen atoms in total. The maximum absolute atomic E-state index is 12.1. The van der Waals surface area contributed by atoms with Crippen LogP contribution in [-0.4, -0.2) is 21.9 Å². The second-order valence-corrected chi connectivity index (χ2v) is 4.76. The molecule has 1 aromatic heterocycles. The van der Waals surface area contributed by atoms with Crippen molar-refractivity contribution in [2.24, 2.45) is 11.7 Å². The van der Waals surface area contributed by atoms with E-state index in [4.69, 9.17) is 5.73 Å². The first-order valence-corrected chi connectivity index (χ1v) is 6.97. The molecule has 1 heterocycles. The average Bonchev–Trinajstić information content (AvgIpc) is 2.83. The molecule has 2 N–H and O–H groups in total. The Morgan fingerprint density at radius 1 is 1.44 bits per heavy atom. The highest BCUT2D eigenvalue weighted by molar-refractivity contribution is 5.92. The van der Waals surface area contributed by atoms with Crippen LogP contribution in [0.2, 0.25) is 0 Å². The largest absolute Gasteiger partial charge is 0.330 e. The van der Waals surface area contributed by atoms with E-state index in [1.165, 1.54) is 0 Å². The highest BCUT2D eigenvalue weighted by atomic mass is 16.1. The molecule has 0 saturated heterocycles. The number of aromatic nitrogens is 2. The zero-order valence-corrected chi connectivity index (χ0v) is 11.6. The van der Waals surface area contributed by atoms with Crippen LogP contribution in [0.25, 0.3) is 0 Å². The summed E-state index contributed by atoms with van der Waals surface area (Å²) in [5.74, 6) is 1.33. The van der Waals surface area contributed by atoms with Gasteiger partial charge in [-0.3, -0.25) is 4.79 Å². The molecular formula is C14H25N3O. The van der Waals surface area contributed by atoms with Gasteiger partial charge in [0.15, 0.2) is 11.6 Å². The summed E-state index contributed by atoms with van der Waals surface area (Å²) in [5.41, 5.74) is 5.57. The number of hydrogen-bond acceptors (Lipinski definition) is 3. The van der Waals surface area contributed by atoms with Crippen LogP contribution in [0.4, 0.5) is 0 Å². The zero-order chi connectivity index (χ0) is 13.4. The molecule has 0 aliphatic carbocycles. The van der Waals surface area contributed by atoms with Crippen molar-refractivity contribution < 1.29 is 4.79 Å². The normalized spacial score (nSPS) is 12.6. The van der Waals surface area contributed by atoms with Crippen molar-refractivity contribution in [2.45, 2.75) is 52.5 Å². The quantitative estimate of drug-likeness (QED) is 0.686. The molecule has 18 heavy (non-hydrogen) atoms. The molecule has 0 amide bonds. The molecule has 102 valence electrons. The SMILES string of the molecule is CCCn1ccnc1C(=O)CCC(CC)CCN. The highest BCUT2D eigenvalue weighted by Crippen LogP contribution is 2.16. The van der Waals surface area contributed by atoms with Gasteiger partial charge in [0.25, 0.3) is 0 Å². The van der Waals surface area contributed by atoms with Crippen LogP contribution < -0.4 is 5.73 Å². The summed E-state index contributed by atoms with van der Waals surface area (Å²) < 4.78 is 1.95. The van der Waals surface area contributed by atoms with Gasteiger partial charge in [-0.1, -0.05) is 20.3 Å². The summed E-state index contributed by atoms with van der Waals surface area (Å²) in [6, 6.07) is 0. The van der Waals surface area contributed by atoms with Crippen molar-refractivity contribution in [3.8, 4) is 0 Å². The van der Waals surface area contributed by atoms with Crippen LogP contribution in [0.15, 0.2) is 12.4 Å². The van der Waals surface area contributed by atoms with Gasteiger partial charge in [0.1, 0.15) is 0 Å². The van der Waals surface area contributed by atoms with Crippen molar-refractivity contribution >= 4 is 5.78 Å². The van der Waals surface area contributed by atoms with Crippen LogP contribution in [-0.2, 0) is 6.54 Å². The van der Waals surface area contributed by atoms with Crippen molar-refractivity contribution in [1.29, 1.82) is 0 Å². The van der Waals surface area contributed by atoms with Gasteiger partial charge in [-0.05, 0) is 31.7 Å². The summed E-state index contributed by atoms with van der Waals surface area (Å²) in [6.45, 7) is 5.82. The molecule has 0 aliphatic heterocycles. The van der Waals surface area contributed by atoms with Crippen LogP contribution in [0.5, 0.6) is 0 Å². The second kappa shape index (κ2) is 8.03. The molecule has 1 aromatic rings. The highest BCUT2D eigenvalue weighted by Gasteiger charge is 2.14. The molecular weight excluding hydrogens is 226 g/mol. The van der Waals surface area contributed by atoms with Gasteiger partial charge in [0.2, 0.25) is 0 Å². The molecule has 1 unspecified atom stereocenters. The van der Waals surface area contributed by atoms with Crippen molar-refractivity contribution in [3.05, 3.63) is 18.2 Å². The standard InChI is InChI=1S/C14H25N3O/c1-3-10-17-11-9-16-14(17)13(18)6-5-12(4-2)7-8-15/h9,11-12H,3-8,10,15H2,1-2H3. The van der Waals surface area contributed by atoms with Crippen molar-refractivity contribution in [1.82, 2.24) is 9.55 Å². The Bertz CT molecular complexity index is 360. The topological polar surface area (TPSA) is 60.9 Å². The van der Waals surface area contributed by atoms with Crippen molar-refractivity contribution in [2.75, 3.05) is 6.54 Å². The molecule has 0 spiro atoms. The first-order valence-electron chi connectivity index (χ1n) is 6.97. The predicted molar refractivity (Wildman–Crippen MR) is 73.5 cm³/mol. The van der Waals surface area contributed by atoms with E-state index >= 15 is 0 Å². The van der Waals surface area contributed by atoms with Crippen LogP contribution in [0.1, 0.15) is 56.6 Å². The summed E-state index contributed by atoms with van der Waals surface area (Å²) in [7, 11) is 0. The minimum Gasteiger partial charge on any atom is -0.330 e. The minimum atomic E-state index is 0.156. The third-order valence-corrected chi connectivity index (χ3v) is 3.36. The maximum atomic E-state index is 12.1. The van der Waals surface area contributed by atoms with Gasteiger partial charge in [0, 0.05) is 25.4 Å². The maximum Gasteiger partial charge on any atom is 0.198 e. The van der Waals surface area contributed by atoms with E-state index in [-0.39, 0.29) is 5.78 Å². The molecule has 0 aliphatic rings. The molecule has 0 saturated carbocycles. The summed E-state index contributed by atoms with van der Waals surface area (Å²) in [6.07, 6.45) is 8.21. The second-order valence-electron chi connectivity index (χ2n) is 4.76. The minimum absolute atomic E-state index is 0.156. The molecule has 1 rings (SSSR count). The van der Waals surface area contributed by atoms with E-state index in [0.29, 0.717) is 24.7 Å². The fourth-order valence-corrected chi connectivity index (χ4v) is 2.22. The number of nitrogens with zero attached hydrogens (tertiary/aromatic N) is 2. The van der Waals surface area contributed by atoms with Gasteiger partial charge >= 0.3 is 0 Å². The first kappa shape index (κ1) is 14.9. The number of ketones is 1. The number of hydrogen-bond donors (Lipinski definition) is 1. The monoisotopic (exact) mass is 251 g/mol. The number of nitrogens with two attached hydrogens (primary N) is 1. The smallest absolute Gasteiger partial charge is 0.198 e. The number of rotatable bonds is 9. The molecule has 0 fully saturated rings. The zero-order valence-electron chi connectivity index (χ0n) is 11.6. The Balaban J connectivity index is 2.51. The predicted octanol–water partition coefficient (Wildman–Crippen LogP) is 2.63. The molecule has 0 bridgehead atoms. The third kappa shape index (κ3) is 4.26. The lowest BCUT2D eigenvalue weighted by Crippen LogP contribution is -2.13. The van der Waals surface area contributed by atoms with Gasteiger partial charge in [-0.25, -0.2) is 4.98 Å². The van der Waals surface area contributed by atoms with Crippen LogP contribution in [0.3, 0.4) is 0 Å². The molecule has 4 heteroatoms. The van der Waals surface area contributed by atoms with Gasteiger partial charge in [-0.2, -0.15) is 0 Å². The van der Waals surface area contributed by atoms with Crippen LogP contribution in [0, 0.1) is 5.92 Å². The fraction of sp³-hybridized carbons (Fsp3) is 0.714. The van der Waals surface area contributed by atoms with Gasteiger partial charge in [0.05, 0.1) is 0 Å². The number of carbonyl (C=O) groups is 1. The lowest BCUT2D eigenvalue weighted by molar-refractivity contribution is 0.0958. The first-order chi connectivity index (χ1) is 8.72. The molecule has 0 radical (unpaired) electrons. The van der Waals surface area contributed by atoms with E-state index in [2.05, 4.69) is 18.8 Å². The summed E-state index contributed by atoms with van der Waals surface area (Å²) in [4.78, 5) is 16.3. The number of Topliss-reactive ketones (excluding diaryl/α,β-unsaturated/α-hetero) is 1. The molecule has 1 atom stereocenters. The Hall–Kier alpha value is -1.16. The number of aryl methyl sites for hydroxylation is 1. The van der Waals surface area contributed by atoms with E-state index in [1.54, 1.807) is 6.20 Å². The average molecular weight is 251 g/mol. The Labute approximate surface area is 110 Å². The van der Waals surface area contributed by atoms with Gasteiger partial charge < -0.3 is 10.3 Å². The van der Waals surface area contributed by atoms with E-state index < -0.39 is 0 Å². The fourth-order valence-electron chi connectivity index (χ4n) is 2.22. The lowest BCUT2D eigenvalue weighted by Gasteiger charge is -2.12. The molecule has 0 aromatic carbocycles. The lowest BCUT2D eigenvalue weighted by atomic mass is 9.95. The van der Waals surface area contributed by atoms with E-state index in [0.717, 1.165) is 32.2 Å². The van der Waals surface area contributed by atoms with Crippen LogP contribution >= 0.6 is 0 Å². The summed E-state index contributed by atoms with van der Waals surface area (Å²) in [5, 5.41) is 0.